The highest BCUT2D eigenvalue weighted by molar-refractivity contribution is 5.51. The zero-order valence-corrected chi connectivity index (χ0v) is 16.1. The van der Waals surface area contributed by atoms with Gasteiger partial charge < -0.3 is 5.32 Å². The Kier molecular flexibility index (Phi) is 10.1. The summed E-state index contributed by atoms with van der Waals surface area (Å²) in [5.41, 5.74) is 3.23. The molecule has 0 aromatic heterocycles. The molecule has 0 unspecified atom stereocenters. The van der Waals surface area contributed by atoms with Crippen molar-refractivity contribution in [2.24, 2.45) is 5.41 Å². The summed E-state index contributed by atoms with van der Waals surface area (Å²) < 4.78 is 0. The van der Waals surface area contributed by atoms with Crippen LogP contribution in [-0.4, -0.2) is 6.54 Å². The van der Waals surface area contributed by atoms with Crippen molar-refractivity contribution in [3.63, 3.8) is 0 Å². The lowest BCUT2D eigenvalue weighted by molar-refractivity contribution is 0.378. The Hall–Kier alpha value is -0.980. The van der Waals surface area contributed by atoms with Gasteiger partial charge >= 0.3 is 0 Å². The second-order valence-electron chi connectivity index (χ2n) is 8.12. The van der Waals surface area contributed by atoms with Crippen molar-refractivity contribution in [3.05, 3.63) is 29.8 Å². The molecule has 0 aliphatic heterocycles. The number of hydrogen-bond acceptors (Lipinski definition) is 1. The van der Waals surface area contributed by atoms with Crippen LogP contribution in [0.1, 0.15) is 91.0 Å². The number of nitrogens with one attached hydrogen (secondary N) is 1. The molecule has 0 spiro atoms. The predicted molar refractivity (Wildman–Crippen MR) is 105 cm³/mol. The van der Waals surface area contributed by atoms with E-state index in [2.05, 4.69) is 57.3 Å². The molecule has 0 bridgehead atoms. The smallest absolute Gasteiger partial charge is 0.0372 e. The topological polar surface area (TPSA) is 12.0 Å². The SMILES string of the molecule is CCCCCCCCCCNc1ccccc1CCC(C)(C)C. The third-order valence-electron chi connectivity index (χ3n) is 4.51. The summed E-state index contributed by atoms with van der Waals surface area (Å²) in [6.07, 6.45) is 13.5. The third kappa shape index (κ3) is 10.4. The first kappa shape index (κ1) is 20.1. The van der Waals surface area contributed by atoms with Gasteiger partial charge in [-0.1, -0.05) is 90.8 Å². The van der Waals surface area contributed by atoms with E-state index in [0.29, 0.717) is 5.41 Å². The van der Waals surface area contributed by atoms with Gasteiger partial charge in [-0.3, -0.25) is 0 Å². The van der Waals surface area contributed by atoms with Gasteiger partial charge in [0.25, 0.3) is 0 Å². The van der Waals surface area contributed by atoms with Gasteiger partial charge in [0.15, 0.2) is 0 Å². The van der Waals surface area contributed by atoms with E-state index in [-0.39, 0.29) is 0 Å². The van der Waals surface area contributed by atoms with Crippen molar-refractivity contribution in [1.82, 2.24) is 0 Å². The van der Waals surface area contributed by atoms with Gasteiger partial charge in [0, 0.05) is 12.2 Å². The van der Waals surface area contributed by atoms with Crippen LogP contribution in [-0.2, 0) is 6.42 Å². The second-order valence-corrected chi connectivity index (χ2v) is 8.12. The molecule has 1 N–H and O–H groups in total. The Morgan fingerprint density at radius 3 is 2.09 bits per heavy atom. The van der Waals surface area contributed by atoms with E-state index >= 15 is 0 Å². The van der Waals surface area contributed by atoms with Crippen molar-refractivity contribution in [2.45, 2.75) is 91.9 Å². The Labute approximate surface area is 145 Å². The van der Waals surface area contributed by atoms with Crippen LogP contribution in [0.4, 0.5) is 5.69 Å². The second kappa shape index (κ2) is 11.5. The minimum Gasteiger partial charge on any atom is -0.385 e. The maximum absolute atomic E-state index is 3.66. The van der Waals surface area contributed by atoms with Gasteiger partial charge in [0.05, 0.1) is 0 Å². The molecule has 0 saturated heterocycles. The first-order valence-electron chi connectivity index (χ1n) is 9.85. The van der Waals surface area contributed by atoms with Gasteiger partial charge in [-0.2, -0.15) is 0 Å². The molecule has 0 atom stereocenters. The fourth-order valence-corrected chi connectivity index (χ4v) is 2.90. The van der Waals surface area contributed by atoms with Crippen molar-refractivity contribution in [3.8, 4) is 0 Å². The largest absolute Gasteiger partial charge is 0.385 e. The van der Waals surface area contributed by atoms with E-state index in [4.69, 9.17) is 0 Å². The zero-order chi connectivity index (χ0) is 17.0. The lowest BCUT2D eigenvalue weighted by atomic mass is 9.88. The number of anilines is 1. The monoisotopic (exact) mass is 317 g/mol. The molecule has 23 heavy (non-hydrogen) atoms. The van der Waals surface area contributed by atoms with Crippen LogP contribution in [0.2, 0.25) is 0 Å². The quantitative estimate of drug-likeness (QED) is 0.401. The van der Waals surface area contributed by atoms with Gasteiger partial charge in [0.2, 0.25) is 0 Å². The molecule has 0 fully saturated rings. The third-order valence-corrected chi connectivity index (χ3v) is 4.51. The van der Waals surface area contributed by atoms with Crippen LogP contribution in [0.25, 0.3) is 0 Å². The van der Waals surface area contributed by atoms with E-state index < -0.39 is 0 Å². The summed E-state index contributed by atoms with van der Waals surface area (Å²) in [6.45, 7) is 10.4. The average Bonchev–Trinajstić information content (AvgIpc) is 2.51. The Morgan fingerprint density at radius 1 is 0.826 bits per heavy atom. The summed E-state index contributed by atoms with van der Waals surface area (Å²) in [5.74, 6) is 0. The van der Waals surface area contributed by atoms with E-state index in [1.165, 1.54) is 75.5 Å². The molecule has 0 saturated carbocycles. The standard InChI is InChI=1S/C22H39N/c1-5-6-7-8-9-10-11-14-19-23-21-16-13-12-15-20(21)17-18-22(2,3)4/h12-13,15-16,23H,5-11,14,17-19H2,1-4H3. The van der Waals surface area contributed by atoms with E-state index in [9.17, 15) is 0 Å². The first-order chi connectivity index (χ1) is 11.0. The molecule has 0 aliphatic rings. The van der Waals surface area contributed by atoms with Gasteiger partial charge in [-0.15, -0.1) is 0 Å². The molecule has 0 aliphatic carbocycles. The Morgan fingerprint density at radius 2 is 1.43 bits per heavy atom. The minimum atomic E-state index is 0.408. The number of unbranched alkanes of at least 4 members (excludes halogenated alkanes) is 7. The van der Waals surface area contributed by atoms with Gasteiger partial charge in [-0.05, 0) is 36.3 Å². The van der Waals surface area contributed by atoms with E-state index in [0.717, 1.165) is 6.54 Å². The fraction of sp³-hybridized carbons (Fsp3) is 0.727. The lowest BCUT2D eigenvalue weighted by Crippen LogP contribution is -2.09. The minimum absolute atomic E-state index is 0.408. The number of rotatable bonds is 12. The number of benzene rings is 1. The summed E-state index contributed by atoms with van der Waals surface area (Å²) in [7, 11) is 0. The average molecular weight is 318 g/mol. The molecule has 1 aromatic carbocycles. The van der Waals surface area contributed by atoms with E-state index in [1.807, 2.05) is 0 Å². The first-order valence-corrected chi connectivity index (χ1v) is 9.85. The number of aryl methyl sites for hydroxylation is 1. The van der Waals surface area contributed by atoms with Crippen molar-refractivity contribution in [1.29, 1.82) is 0 Å². The molecule has 1 aromatic rings. The highest BCUT2D eigenvalue weighted by Crippen LogP contribution is 2.25. The molecular formula is C22H39N. The zero-order valence-electron chi connectivity index (χ0n) is 16.1. The number of hydrogen-bond donors (Lipinski definition) is 1. The molecule has 0 heterocycles. The highest BCUT2D eigenvalue weighted by atomic mass is 14.9. The molecule has 1 rings (SSSR count). The van der Waals surface area contributed by atoms with Crippen LogP contribution in [0.3, 0.4) is 0 Å². The molecular weight excluding hydrogens is 278 g/mol. The summed E-state index contributed by atoms with van der Waals surface area (Å²) in [5, 5.41) is 3.66. The normalized spacial score (nSPS) is 11.7. The molecule has 132 valence electrons. The van der Waals surface area contributed by atoms with Crippen LogP contribution >= 0.6 is 0 Å². The maximum atomic E-state index is 3.66. The van der Waals surface area contributed by atoms with Crippen LogP contribution in [0, 0.1) is 5.41 Å². The van der Waals surface area contributed by atoms with Crippen molar-refractivity contribution in [2.75, 3.05) is 11.9 Å². The van der Waals surface area contributed by atoms with Crippen LogP contribution in [0.15, 0.2) is 24.3 Å². The highest BCUT2D eigenvalue weighted by Gasteiger charge is 2.11. The molecule has 0 radical (unpaired) electrons. The van der Waals surface area contributed by atoms with E-state index in [1.54, 1.807) is 0 Å². The maximum Gasteiger partial charge on any atom is 0.0372 e. The molecule has 0 amide bonds. The predicted octanol–water partition coefficient (Wildman–Crippen LogP) is 7.22. The molecule has 1 nitrogen and oxygen atoms in total. The molecule has 1 heteroatoms. The van der Waals surface area contributed by atoms with Crippen LogP contribution in [0.5, 0.6) is 0 Å². The summed E-state index contributed by atoms with van der Waals surface area (Å²) in [6, 6.07) is 8.83. The fourth-order valence-electron chi connectivity index (χ4n) is 2.90. The summed E-state index contributed by atoms with van der Waals surface area (Å²) >= 11 is 0. The lowest BCUT2D eigenvalue weighted by Gasteiger charge is -2.19. The Bertz CT molecular complexity index is 403. The number of para-hydroxylation sites is 1. The Balaban J connectivity index is 2.19. The van der Waals surface area contributed by atoms with Crippen molar-refractivity contribution >= 4 is 5.69 Å². The van der Waals surface area contributed by atoms with Crippen molar-refractivity contribution < 1.29 is 0 Å². The van der Waals surface area contributed by atoms with Gasteiger partial charge in [-0.25, -0.2) is 0 Å². The summed E-state index contributed by atoms with van der Waals surface area (Å²) in [4.78, 5) is 0. The van der Waals surface area contributed by atoms with Gasteiger partial charge in [0.1, 0.15) is 0 Å². The van der Waals surface area contributed by atoms with Crippen LogP contribution < -0.4 is 5.32 Å².